The second-order valence-corrected chi connectivity index (χ2v) is 7.06. The average Bonchev–Trinajstić information content (AvgIpc) is 3.03. The fourth-order valence-electron chi connectivity index (χ4n) is 2.95. The summed E-state index contributed by atoms with van der Waals surface area (Å²) in [6.45, 7) is 1.07. The lowest BCUT2D eigenvalue weighted by atomic mass is 10.2. The van der Waals surface area contributed by atoms with Crippen LogP contribution in [0.1, 0.15) is 5.82 Å². The molecule has 3 aromatic rings. The molecule has 0 saturated heterocycles. The number of hydrogen-bond acceptors (Lipinski definition) is 6. The summed E-state index contributed by atoms with van der Waals surface area (Å²) in [7, 11) is 1.84. The van der Waals surface area contributed by atoms with Gasteiger partial charge in [0.25, 0.3) is 0 Å². The fraction of sp³-hybridized carbons (Fsp3) is 0.200. The Kier molecular flexibility index (Phi) is 4.65. The molecule has 0 bridgehead atoms. The van der Waals surface area contributed by atoms with E-state index in [-0.39, 0.29) is 17.1 Å². The van der Waals surface area contributed by atoms with Crippen molar-refractivity contribution in [2.45, 2.75) is 4.90 Å². The van der Waals surface area contributed by atoms with E-state index in [1.807, 2.05) is 54.1 Å². The summed E-state index contributed by atoms with van der Waals surface area (Å²) in [5, 5.41) is 20.1. The first-order valence-electron chi connectivity index (χ1n) is 8.44. The predicted molar refractivity (Wildman–Crippen MR) is 104 cm³/mol. The Bertz CT molecular complexity index is 1080. The van der Waals surface area contributed by atoms with E-state index < -0.39 is 0 Å². The van der Waals surface area contributed by atoms with Crippen LogP contribution in [0.15, 0.2) is 53.1 Å². The molecule has 1 aliphatic rings. The third-order valence-electron chi connectivity index (χ3n) is 4.30. The van der Waals surface area contributed by atoms with E-state index in [1.165, 1.54) is 11.8 Å². The van der Waals surface area contributed by atoms with E-state index in [1.54, 1.807) is 0 Å². The van der Waals surface area contributed by atoms with Crippen molar-refractivity contribution in [3.8, 4) is 17.6 Å². The maximum atomic E-state index is 10.5. The molecule has 0 fully saturated rings. The van der Waals surface area contributed by atoms with E-state index in [9.17, 15) is 10.4 Å². The van der Waals surface area contributed by atoms with Gasteiger partial charge in [-0.3, -0.25) is 0 Å². The monoisotopic (exact) mass is 379 g/mol. The van der Waals surface area contributed by atoms with Crippen molar-refractivity contribution < 1.29 is 14.6 Å². The maximum absolute atomic E-state index is 10.5. The molecule has 27 heavy (non-hydrogen) atoms. The Labute approximate surface area is 160 Å². The SMILES string of the molecule is Cn1c(/C(C#N)=C(\O)CSc2ccc3c(c2)OCCO3)nc2ccccc21. The van der Waals surface area contributed by atoms with Crippen molar-refractivity contribution in [1.82, 2.24) is 9.55 Å². The van der Waals surface area contributed by atoms with Gasteiger partial charge in [-0.25, -0.2) is 4.98 Å². The van der Waals surface area contributed by atoms with Crippen LogP contribution in [-0.2, 0) is 7.05 Å². The molecule has 0 spiro atoms. The number of imidazole rings is 1. The van der Waals surface area contributed by atoms with Gasteiger partial charge in [0.1, 0.15) is 30.6 Å². The molecule has 2 aromatic carbocycles. The lowest BCUT2D eigenvalue weighted by molar-refractivity contribution is 0.171. The van der Waals surface area contributed by atoms with Gasteiger partial charge in [0.05, 0.1) is 16.8 Å². The average molecular weight is 379 g/mol. The first-order valence-corrected chi connectivity index (χ1v) is 9.42. The number of hydrogen-bond donors (Lipinski definition) is 1. The normalized spacial score (nSPS) is 13.9. The number of rotatable bonds is 4. The summed E-state index contributed by atoms with van der Waals surface area (Å²) >= 11 is 1.42. The van der Waals surface area contributed by atoms with Gasteiger partial charge < -0.3 is 19.1 Å². The third-order valence-corrected chi connectivity index (χ3v) is 5.31. The lowest BCUT2D eigenvalue weighted by Gasteiger charge is -2.18. The Morgan fingerprint density at radius 2 is 2.00 bits per heavy atom. The van der Waals surface area contributed by atoms with Gasteiger partial charge in [0, 0.05) is 11.9 Å². The molecular weight excluding hydrogens is 362 g/mol. The van der Waals surface area contributed by atoms with Gasteiger partial charge in [0.2, 0.25) is 0 Å². The number of nitrogens with zero attached hydrogens (tertiary/aromatic N) is 3. The Balaban J connectivity index is 1.59. The molecule has 6 nitrogen and oxygen atoms in total. The van der Waals surface area contributed by atoms with Crippen LogP contribution in [0.2, 0.25) is 0 Å². The number of nitriles is 1. The highest BCUT2D eigenvalue weighted by Gasteiger charge is 2.17. The van der Waals surface area contributed by atoms with E-state index in [2.05, 4.69) is 11.1 Å². The van der Waals surface area contributed by atoms with E-state index in [0.29, 0.717) is 24.8 Å². The van der Waals surface area contributed by atoms with E-state index in [4.69, 9.17) is 9.47 Å². The van der Waals surface area contributed by atoms with Gasteiger partial charge in [0.15, 0.2) is 17.3 Å². The molecule has 1 aromatic heterocycles. The van der Waals surface area contributed by atoms with Crippen molar-refractivity contribution in [3.63, 3.8) is 0 Å². The number of allylic oxidation sites excluding steroid dienone is 1. The second-order valence-electron chi connectivity index (χ2n) is 6.01. The second kappa shape index (κ2) is 7.25. The summed E-state index contributed by atoms with van der Waals surface area (Å²) in [5.74, 6) is 2.13. The van der Waals surface area contributed by atoms with Crippen LogP contribution >= 0.6 is 11.8 Å². The molecule has 136 valence electrons. The standard InChI is InChI=1S/C20H17N3O3S/c1-23-16-5-3-2-4-15(16)22-20(23)14(11-21)17(24)12-27-13-6-7-18-19(10-13)26-9-8-25-18/h2-7,10,24H,8-9,12H2,1H3/b17-14-. The minimum Gasteiger partial charge on any atom is -0.510 e. The maximum Gasteiger partial charge on any atom is 0.162 e. The van der Waals surface area contributed by atoms with Gasteiger partial charge >= 0.3 is 0 Å². The Morgan fingerprint density at radius 1 is 1.22 bits per heavy atom. The molecule has 7 heteroatoms. The molecule has 4 rings (SSSR count). The number of aromatic nitrogens is 2. The Morgan fingerprint density at radius 3 is 2.78 bits per heavy atom. The van der Waals surface area contributed by atoms with Crippen molar-refractivity contribution >= 4 is 28.4 Å². The molecule has 1 aliphatic heterocycles. The fourth-order valence-corrected chi connectivity index (χ4v) is 3.75. The number of para-hydroxylation sites is 2. The summed E-state index contributed by atoms with van der Waals surface area (Å²) in [6, 6.07) is 15.4. The van der Waals surface area contributed by atoms with Gasteiger partial charge in [-0.1, -0.05) is 12.1 Å². The molecule has 0 saturated carbocycles. The van der Waals surface area contributed by atoms with Crippen molar-refractivity contribution in [2.24, 2.45) is 7.05 Å². The van der Waals surface area contributed by atoms with E-state index in [0.717, 1.165) is 21.7 Å². The molecule has 0 aliphatic carbocycles. The Hall–Kier alpha value is -3.11. The van der Waals surface area contributed by atoms with Crippen molar-refractivity contribution in [1.29, 1.82) is 5.26 Å². The van der Waals surface area contributed by atoms with Crippen molar-refractivity contribution in [3.05, 3.63) is 54.0 Å². The van der Waals surface area contributed by atoms with Crippen LogP contribution < -0.4 is 9.47 Å². The third kappa shape index (κ3) is 3.32. The van der Waals surface area contributed by atoms with Crippen LogP contribution in [0.3, 0.4) is 0 Å². The molecule has 0 radical (unpaired) electrons. The highest BCUT2D eigenvalue weighted by atomic mass is 32.2. The first-order chi connectivity index (χ1) is 13.2. The van der Waals surface area contributed by atoms with E-state index >= 15 is 0 Å². The largest absolute Gasteiger partial charge is 0.510 e. The minimum absolute atomic E-state index is 0.00389. The number of aliphatic hydroxyl groups is 1. The summed E-state index contributed by atoms with van der Waals surface area (Å²) in [6.07, 6.45) is 0. The summed E-state index contributed by atoms with van der Waals surface area (Å²) in [5.41, 5.74) is 1.88. The van der Waals surface area contributed by atoms with Crippen LogP contribution in [0.25, 0.3) is 16.6 Å². The highest BCUT2D eigenvalue weighted by Crippen LogP contribution is 2.35. The summed E-state index contributed by atoms with van der Waals surface area (Å²) < 4.78 is 12.9. The molecular formula is C20H17N3O3S. The number of thioether (sulfide) groups is 1. The number of benzene rings is 2. The topological polar surface area (TPSA) is 80.3 Å². The van der Waals surface area contributed by atoms with Crippen molar-refractivity contribution in [2.75, 3.05) is 19.0 Å². The number of ether oxygens (including phenoxy) is 2. The zero-order chi connectivity index (χ0) is 18.8. The quantitative estimate of drug-likeness (QED) is 0.420. The van der Waals surface area contributed by atoms with Gasteiger partial charge in [-0.2, -0.15) is 5.26 Å². The van der Waals surface area contributed by atoms with Crippen LogP contribution in [0, 0.1) is 11.3 Å². The van der Waals surface area contributed by atoms with Crippen LogP contribution in [0.5, 0.6) is 11.5 Å². The predicted octanol–water partition coefficient (Wildman–Crippen LogP) is 3.93. The smallest absolute Gasteiger partial charge is 0.162 e. The number of fused-ring (bicyclic) bond motifs is 2. The molecule has 2 heterocycles. The lowest BCUT2D eigenvalue weighted by Crippen LogP contribution is -2.15. The van der Waals surface area contributed by atoms with Crippen LogP contribution in [-0.4, -0.2) is 33.6 Å². The molecule has 0 atom stereocenters. The molecule has 0 amide bonds. The zero-order valence-corrected chi connectivity index (χ0v) is 15.5. The zero-order valence-electron chi connectivity index (χ0n) is 14.7. The minimum atomic E-state index is -0.00389. The molecule has 1 N–H and O–H groups in total. The van der Waals surface area contributed by atoms with Crippen LogP contribution in [0.4, 0.5) is 0 Å². The van der Waals surface area contributed by atoms with Gasteiger partial charge in [-0.05, 0) is 30.3 Å². The summed E-state index contributed by atoms with van der Waals surface area (Å²) in [4.78, 5) is 5.42. The first kappa shape index (κ1) is 17.3. The number of aliphatic hydroxyl groups excluding tert-OH is 1. The number of aryl methyl sites for hydroxylation is 1. The molecule has 0 unspecified atom stereocenters. The van der Waals surface area contributed by atoms with Gasteiger partial charge in [-0.15, -0.1) is 11.8 Å². The highest BCUT2D eigenvalue weighted by molar-refractivity contribution is 7.99.